The van der Waals surface area contributed by atoms with Crippen molar-refractivity contribution in [3.8, 4) is 21.6 Å². The lowest BCUT2D eigenvalue weighted by atomic mass is 9.85. The summed E-state index contributed by atoms with van der Waals surface area (Å²) in [6, 6.07) is 18.2. The number of halogens is 3. The minimum Gasteiger partial charge on any atom is -0.391 e. The van der Waals surface area contributed by atoms with Crippen LogP contribution in [0.15, 0.2) is 89.3 Å². The first kappa shape index (κ1) is 52.9. The zero-order valence-corrected chi connectivity index (χ0v) is 41.6. The largest absolute Gasteiger partial charge is 0.417 e. The van der Waals surface area contributed by atoms with E-state index < -0.39 is 64.2 Å². The summed E-state index contributed by atoms with van der Waals surface area (Å²) in [7, 11) is 1.98. The fourth-order valence-corrected chi connectivity index (χ4v) is 9.58. The van der Waals surface area contributed by atoms with Gasteiger partial charge in [-0.3, -0.25) is 28.8 Å². The second-order valence-corrected chi connectivity index (χ2v) is 20.2. The normalized spacial score (nSPS) is 16.8. The van der Waals surface area contributed by atoms with E-state index in [4.69, 9.17) is 0 Å². The maximum Gasteiger partial charge on any atom is 0.417 e. The van der Waals surface area contributed by atoms with Crippen molar-refractivity contribution < 1.29 is 42.3 Å². The first-order chi connectivity index (χ1) is 34.2. The van der Waals surface area contributed by atoms with Gasteiger partial charge in [-0.1, -0.05) is 63.2 Å². The summed E-state index contributed by atoms with van der Waals surface area (Å²) in [4.78, 5) is 92.2. The fraction of sp³-hybridized carbons (Fsp3) is 0.404. The molecule has 3 unspecified atom stereocenters. The summed E-state index contributed by atoms with van der Waals surface area (Å²) in [6.07, 6.45) is -4.10. The molecule has 2 fully saturated rings. The Labute approximate surface area is 419 Å². The molecular formula is C52H60F3N9O7S. The second kappa shape index (κ2) is 22.7. The molecule has 3 atom stereocenters. The number of nitrogens with zero attached hydrogens (tertiary/aromatic N) is 4. The Kier molecular flexibility index (Phi) is 16.7. The molecule has 2 aromatic heterocycles. The van der Waals surface area contributed by atoms with E-state index in [1.54, 1.807) is 53.2 Å². The summed E-state index contributed by atoms with van der Waals surface area (Å²) in [5.41, 5.74) is 3.37. The van der Waals surface area contributed by atoms with Crippen molar-refractivity contribution in [3.05, 3.63) is 123 Å². The van der Waals surface area contributed by atoms with Gasteiger partial charge in [-0.2, -0.15) is 13.2 Å². The monoisotopic (exact) mass is 1010 g/mol. The lowest BCUT2D eigenvalue weighted by Gasteiger charge is -2.35. The van der Waals surface area contributed by atoms with Crippen molar-refractivity contribution in [3.63, 3.8) is 0 Å². The number of aliphatic hydroxyl groups is 1. The van der Waals surface area contributed by atoms with Crippen molar-refractivity contribution in [2.45, 2.75) is 84.3 Å². The Morgan fingerprint density at radius 1 is 0.875 bits per heavy atom. The van der Waals surface area contributed by atoms with Crippen molar-refractivity contribution in [2.24, 2.45) is 5.41 Å². The van der Waals surface area contributed by atoms with Gasteiger partial charge < -0.3 is 46.1 Å². The number of unbranched alkanes of at least 4 members (excludes halogenated alkanes) is 1. The highest BCUT2D eigenvalue weighted by atomic mass is 32.1. The highest BCUT2D eigenvalue weighted by molar-refractivity contribution is 7.13. The van der Waals surface area contributed by atoms with E-state index >= 15 is 0 Å². The fourth-order valence-electron chi connectivity index (χ4n) is 8.76. The van der Waals surface area contributed by atoms with Crippen LogP contribution in [0.1, 0.15) is 84.0 Å². The number of likely N-dealkylation sites (tertiary alicyclic amines) is 1. The number of rotatable bonds is 16. The molecule has 3 aromatic carbocycles. The molecule has 2 aliphatic rings. The molecule has 16 nitrogen and oxygen atoms in total. The van der Waals surface area contributed by atoms with E-state index in [0.717, 1.165) is 41.0 Å². The van der Waals surface area contributed by atoms with Gasteiger partial charge in [-0.05, 0) is 78.7 Å². The number of aromatic amines is 1. The summed E-state index contributed by atoms with van der Waals surface area (Å²) >= 11 is 1.55. The molecule has 6 N–H and O–H groups in total. The summed E-state index contributed by atoms with van der Waals surface area (Å²) in [5, 5.41) is 21.9. The summed E-state index contributed by atoms with van der Waals surface area (Å²) in [5.74, 6) is -2.63. The number of piperazine rings is 1. The molecule has 5 amide bonds. The average molecular weight is 1010 g/mol. The number of hydrogen-bond donors (Lipinski definition) is 6. The molecule has 2 saturated heterocycles. The first-order valence-corrected chi connectivity index (χ1v) is 24.7. The Morgan fingerprint density at radius 2 is 1.56 bits per heavy atom. The number of benzene rings is 3. The lowest BCUT2D eigenvalue weighted by Crippen LogP contribution is -2.57. The third-order valence-electron chi connectivity index (χ3n) is 12.9. The molecule has 7 rings (SSSR count). The van der Waals surface area contributed by atoms with E-state index in [1.165, 1.54) is 4.90 Å². The smallest absolute Gasteiger partial charge is 0.391 e. The van der Waals surface area contributed by atoms with Crippen LogP contribution in [0.2, 0.25) is 0 Å². The highest BCUT2D eigenvalue weighted by Crippen LogP contribution is 2.36. The van der Waals surface area contributed by atoms with E-state index in [-0.39, 0.29) is 50.0 Å². The minimum atomic E-state index is -4.94. The average Bonchev–Trinajstić information content (AvgIpc) is 3.96. The van der Waals surface area contributed by atoms with Crippen LogP contribution in [-0.4, -0.2) is 119 Å². The van der Waals surface area contributed by atoms with Crippen LogP contribution in [0.5, 0.6) is 0 Å². The topological polar surface area (TPSA) is 209 Å². The van der Waals surface area contributed by atoms with E-state index in [2.05, 4.69) is 36.1 Å². The van der Waals surface area contributed by atoms with Crippen molar-refractivity contribution in [1.82, 2.24) is 35.7 Å². The zero-order valence-electron chi connectivity index (χ0n) is 40.8. The number of amides is 5. The number of H-pyrrole nitrogens is 1. The molecule has 20 heteroatoms. The van der Waals surface area contributed by atoms with Gasteiger partial charge in [0, 0.05) is 76.5 Å². The minimum absolute atomic E-state index is 0.0478. The maximum absolute atomic E-state index is 14.1. The molecule has 382 valence electrons. The van der Waals surface area contributed by atoms with Crippen molar-refractivity contribution in [1.29, 1.82) is 0 Å². The number of nitrogens with one attached hydrogen (secondary N) is 5. The van der Waals surface area contributed by atoms with Gasteiger partial charge in [0.2, 0.25) is 23.3 Å². The summed E-state index contributed by atoms with van der Waals surface area (Å²) < 4.78 is 41.6. The number of pyridine rings is 1. The van der Waals surface area contributed by atoms with Crippen LogP contribution in [0.4, 0.5) is 24.5 Å². The Bertz CT molecular complexity index is 2820. The number of likely N-dealkylation sites (N-methyl/N-ethyl adjacent to an activating group) is 1. The number of carbonyl (C=O) groups excluding carboxylic acids is 5. The third kappa shape index (κ3) is 13.1. The van der Waals surface area contributed by atoms with Gasteiger partial charge in [0.05, 0.1) is 44.7 Å². The van der Waals surface area contributed by atoms with E-state index in [0.29, 0.717) is 54.4 Å². The molecule has 0 aliphatic carbocycles. The van der Waals surface area contributed by atoms with Gasteiger partial charge in [-0.15, -0.1) is 11.3 Å². The molecule has 0 spiro atoms. The number of β-amino-alcohol motifs (C(OH)–C–C–N with tert-alkyl or cyclic N) is 1. The summed E-state index contributed by atoms with van der Waals surface area (Å²) in [6.45, 7) is 10.5. The standard InChI is InChI=1S/C52H60F3N9O7S/c1-31-45(72-30-59-31)34-11-9-32(10-12-34)27-58-49(70)42-25-37(65)29-64(42)50(71)46(51(2,3)4)61-43(66)8-6-7-19-56-47(68)35-15-13-33(14-16-35)36-17-18-41(63-22-20-62(5)21-23-63)40(24-36)60-48(69)38-28-57-44(67)26-39(38)52(53,54)55/h9-18,24,26,28,30,37,42,46,65H,6-8,19-23,25,27,29H2,1-5H3,(H,56,68)(H,57,67)(H,58,70)(H,60,69)(H,61,66). The van der Waals surface area contributed by atoms with Crippen molar-refractivity contribution in [2.75, 3.05) is 56.5 Å². The van der Waals surface area contributed by atoms with Crippen LogP contribution < -0.4 is 31.7 Å². The highest BCUT2D eigenvalue weighted by Gasteiger charge is 2.44. The number of alkyl halides is 3. The molecule has 0 radical (unpaired) electrons. The van der Waals surface area contributed by atoms with Crippen molar-refractivity contribution >= 4 is 52.2 Å². The Hall–Kier alpha value is -6.90. The molecule has 5 aromatic rings. The maximum atomic E-state index is 14.1. The SMILES string of the molecule is Cc1ncsc1-c1ccc(CNC(=O)C2CC(O)CN2C(=O)C(NC(=O)CCCCNC(=O)c2ccc(-c3ccc(N4CCN(C)CC4)c(NC(=O)c4c[nH]c(=O)cc4C(F)(F)F)c3)cc2)C(C)(C)C)cc1. The first-order valence-electron chi connectivity index (χ1n) is 23.8. The van der Waals surface area contributed by atoms with Gasteiger partial charge in [0.15, 0.2) is 0 Å². The predicted molar refractivity (Wildman–Crippen MR) is 269 cm³/mol. The Morgan fingerprint density at radius 3 is 2.21 bits per heavy atom. The van der Waals surface area contributed by atoms with Crippen LogP contribution in [-0.2, 0) is 27.1 Å². The van der Waals surface area contributed by atoms with Gasteiger partial charge >= 0.3 is 6.18 Å². The second-order valence-electron chi connectivity index (χ2n) is 19.3. The van der Waals surface area contributed by atoms with Gasteiger partial charge in [0.25, 0.3) is 11.8 Å². The predicted octanol–water partition coefficient (Wildman–Crippen LogP) is 6.21. The quantitative estimate of drug-likeness (QED) is 0.0617. The Balaban J connectivity index is 0.907. The van der Waals surface area contributed by atoms with Gasteiger partial charge in [0.1, 0.15) is 12.1 Å². The van der Waals surface area contributed by atoms with E-state index in [1.807, 2.05) is 70.0 Å². The lowest BCUT2D eigenvalue weighted by molar-refractivity contribution is -0.144. The zero-order chi connectivity index (χ0) is 51.9. The number of carbonyl (C=O) groups is 5. The molecule has 72 heavy (non-hydrogen) atoms. The number of hydrogen-bond acceptors (Lipinski definition) is 11. The van der Waals surface area contributed by atoms with Crippen LogP contribution in [0.25, 0.3) is 21.6 Å². The molecule has 4 heterocycles. The van der Waals surface area contributed by atoms with Gasteiger partial charge in [-0.25, -0.2) is 4.98 Å². The number of thiazole rings is 1. The molecule has 0 saturated carbocycles. The number of aliphatic hydroxyl groups excluding tert-OH is 1. The van der Waals surface area contributed by atoms with Crippen LogP contribution in [0, 0.1) is 12.3 Å². The number of aryl methyl sites for hydroxylation is 1. The number of anilines is 2. The third-order valence-corrected chi connectivity index (χ3v) is 13.8. The van der Waals surface area contributed by atoms with Crippen LogP contribution in [0.3, 0.4) is 0 Å². The van der Waals surface area contributed by atoms with E-state index in [9.17, 15) is 47.0 Å². The molecular weight excluding hydrogens is 952 g/mol. The van der Waals surface area contributed by atoms with Crippen LogP contribution >= 0.6 is 11.3 Å². The molecule has 0 bridgehead atoms. The molecule has 2 aliphatic heterocycles. The number of aromatic nitrogens is 2.